The molecule has 0 unspecified atom stereocenters. The number of benzene rings is 4. The molecule has 0 bridgehead atoms. The minimum Gasteiger partial charge on any atom is -0.478 e. The fraction of sp³-hybridized carbons (Fsp3) is 0.333. The van der Waals surface area contributed by atoms with E-state index in [1.807, 2.05) is 20.8 Å². The number of carbonyl (C=O) groups is 4. The third-order valence-electron chi connectivity index (χ3n) is 10.8. The zero-order valence-corrected chi connectivity index (χ0v) is 31.6. The minimum absolute atomic E-state index is 0.129. The number of carbonyl (C=O) groups excluding carboxylic acids is 2. The Balaban J connectivity index is 1.73. The third kappa shape index (κ3) is 9.06. The zero-order chi connectivity index (χ0) is 42.0. The van der Waals surface area contributed by atoms with E-state index in [-0.39, 0.29) is 22.3 Å². The van der Waals surface area contributed by atoms with Crippen molar-refractivity contribution in [2.24, 2.45) is 0 Å². The molecule has 0 saturated carbocycles. The third-order valence-corrected chi connectivity index (χ3v) is 10.8. The van der Waals surface area contributed by atoms with E-state index in [1.165, 1.54) is 30.3 Å². The second-order valence-corrected chi connectivity index (χ2v) is 14.1. The summed E-state index contributed by atoms with van der Waals surface area (Å²) in [4.78, 5) is 50.9. The van der Waals surface area contributed by atoms with Gasteiger partial charge < -0.3 is 20.8 Å². The number of halogens is 6. The van der Waals surface area contributed by atoms with Crippen molar-refractivity contribution in [3.8, 4) is 22.3 Å². The highest BCUT2D eigenvalue weighted by atomic mass is 19.4. The van der Waals surface area contributed by atoms with Crippen LogP contribution in [0.3, 0.4) is 0 Å². The lowest BCUT2D eigenvalue weighted by molar-refractivity contribution is -0.139. The number of aromatic carboxylic acids is 2. The standard InChI is InChI=1S/C42H42F6N2O6/c1-7-39(5,8-2)25-13-17-27(33(21-25)41(43,44)45)28-18-14-26(22-34(28)42(46,47)48)49-35(51)29-15-11-23(19-31(29)37(53)54)24-12-16-30(32(20-24)38(55)56)36(52)50-40(6,9-3)10-4/h11-22H,7-10H2,1-6H3,(H,49,51)(H,50,52)(H,53,54)(H,55,56). The van der Waals surface area contributed by atoms with Crippen LogP contribution in [0, 0.1) is 0 Å². The predicted octanol–water partition coefficient (Wildman–Crippen LogP) is 11.1. The first-order valence-corrected chi connectivity index (χ1v) is 17.8. The van der Waals surface area contributed by atoms with E-state index >= 15 is 0 Å². The maximum Gasteiger partial charge on any atom is 0.417 e. The molecule has 4 N–H and O–H groups in total. The molecule has 0 aliphatic carbocycles. The summed E-state index contributed by atoms with van der Waals surface area (Å²) in [6.45, 7) is 10.9. The second-order valence-electron chi connectivity index (χ2n) is 14.1. The summed E-state index contributed by atoms with van der Waals surface area (Å²) in [5.41, 5.74) is -6.80. The van der Waals surface area contributed by atoms with E-state index in [1.54, 1.807) is 20.8 Å². The molecule has 4 rings (SSSR count). The SMILES string of the molecule is CCC(C)(CC)NC(=O)c1ccc(-c2ccc(C(=O)Nc3ccc(-c4ccc(C(C)(CC)CC)cc4C(F)(F)F)c(C(F)(F)F)c3)c(C(=O)O)c2)cc1C(=O)O. The molecule has 0 radical (unpaired) electrons. The van der Waals surface area contributed by atoms with Crippen LogP contribution in [-0.2, 0) is 17.8 Å². The number of nitrogens with one attached hydrogen (secondary N) is 2. The van der Waals surface area contributed by atoms with Crippen LogP contribution in [0.5, 0.6) is 0 Å². The van der Waals surface area contributed by atoms with Gasteiger partial charge in [-0.1, -0.05) is 65.0 Å². The molecule has 0 aliphatic heterocycles. The van der Waals surface area contributed by atoms with Crippen molar-refractivity contribution in [2.75, 3.05) is 5.32 Å². The number of hydrogen-bond acceptors (Lipinski definition) is 4. The predicted molar refractivity (Wildman–Crippen MR) is 200 cm³/mol. The molecule has 56 heavy (non-hydrogen) atoms. The molecule has 0 heterocycles. The number of anilines is 1. The Kier molecular flexibility index (Phi) is 12.5. The summed E-state index contributed by atoms with van der Waals surface area (Å²) in [5.74, 6) is -4.78. The minimum atomic E-state index is -5.16. The van der Waals surface area contributed by atoms with Crippen LogP contribution < -0.4 is 10.6 Å². The van der Waals surface area contributed by atoms with Gasteiger partial charge in [0.25, 0.3) is 11.8 Å². The van der Waals surface area contributed by atoms with Gasteiger partial charge in [-0.2, -0.15) is 26.3 Å². The topological polar surface area (TPSA) is 133 Å². The molecule has 0 aromatic heterocycles. The van der Waals surface area contributed by atoms with Gasteiger partial charge in [-0.15, -0.1) is 0 Å². The van der Waals surface area contributed by atoms with Crippen molar-refractivity contribution < 1.29 is 55.7 Å². The van der Waals surface area contributed by atoms with E-state index < -0.39 is 86.1 Å². The van der Waals surface area contributed by atoms with Crippen LogP contribution in [0.15, 0.2) is 72.8 Å². The van der Waals surface area contributed by atoms with Gasteiger partial charge >= 0.3 is 24.3 Å². The number of carboxylic acid groups (broad SMARTS) is 2. The first-order valence-electron chi connectivity index (χ1n) is 17.8. The molecule has 2 amide bonds. The Bertz CT molecular complexity index is 2170. The van der Waals surface area contributed by atoms with Crippen molar-refractivity contribution in [2.45, 2.75) is 90.5 Å². The Morgan fingerprint density at radius 3 is 1.43 bits per heavy atom. The molecule has 0 atom stereocenters. The van der Waals surface area contributed by atoms with E-state index in [0.717, 1.165) is 36.4 Å². The molecular formula is C42H42F6N2O6. The van der Waals surface area contributed by atoms with Gasteiger partial charge in [0.15, 0.2) is 0 Å². The van der Waals surface area contributed by atoms with Crippen molar-refractivity contribution in [3.63, 3.8) is 0 Å². The summed E-state index contributed by atoms with van der Waals surface area (Å²) in [7, 11) is 0. The molecule has 0 fully saturated rings. The molecule has 0 aliphatic rings. The normalized spacial score (nSPS) is 12.3. The maximum absolute atomic E-state index is 14.5. The average molecular weight is 785 g/mol. The van der Waals surface area contributed by atoms with Crippen molar-refractivity contribution >= 4 is 29.4 Å². The van der Waals surface area contributed by atoms with Gasteiger partial charge in [-0.3, -0.25) is 9.59 Å². The van der Waals surface area contributed by atoms with E-state index in [0.29, 0.717) is 37.3 Å². The lowest BCUT2D eigenvalue weighted by Crippen LogP contribution is -2.45. The number of carboxylic acids is 2. The Hall–Kier alpha value is -5.66. The Morgan fingerprint density at radius 1 is 0.554 bits per heavy atom. The van der Waals surface area contributed by atoms with Crippen LogP contribution in [0.1, 0.15) is 125 Å². The van der Waals surface area contributed by atoms with Crippen molar-refractivity contribution in [1.29, 1.82) is 0 Å². The molecule has 14 heteroatoms. The van der Waals surface area contributed by atoms with Crippen LogP contribution in [0.4, 0.5) is 32.0 Å². The molecular weight excluding hydrogens is 742 g/mol. The van der Waals surface area contributed by atoms with Crippen LogP contribution >= 0.6 is 0 Å². The molecule has 8 nitrogen and oxygen atoms in total. The number of alkyl halides is 6. The Labute approximate surface area is 319 Å². The van der Waals surface area contributed by atoms with Crippen LogP contribution in [0.25, 0.3) is 22.3 Å². The maximum atomic E-state index is 14.5. The van der Waals surface area contributed by atoms with Crippen molar-refractivity contribution in [3.05, 3.63) is 112 Å². The summed E-state index contributed by atoms with van der Waals surface area (Å²) in [5, 5.41) is 25.0. The summed E-state index contributed by atoms with van der Waals surface area (Å²) < 4.78 is 86.6. The fourth-order valence-electron chi connectivity index (χ4n) is 6.30. The number of hydrogen-bond donors (Lipinski definition) is 4. The highest BCUT2D eigenvalue weighted by molar-refractivity contribution is 6.11. The average Bonchev–Trinajstić information content (AvgIpc) is 3.15. The molecule has 298 valence electrons. The quantitative estimate of drug-likeness (QED) is 0.0998. The van der Waals surface area contributed by atoms with Crippen LogP contribution in [-0.4, -0.2) is 39.5 Å². The van der Waals surface area contributed by atoms with E-state index in [2.05, 4.69) is 10.6 Å². The van der Waals surface area contributed by atoms with Crippen molar-refractivity contribution in [1.82, 2.24) is 5.32 Å². The largest absolute Gasteiger partial charge is 0.478 e. The van der Waals surface area contributed by atoms with Gasteiger partial charge in [0.2, 0.25) is 0 Å². The number of amides is 2. The molecule has 0 spiro atoms. The fourth-order valence-corrected chi connectivity index (χ4v) is 6.30. The zero-order valence-electron chi connectivity index (χ0n) is 31.6. The number of rotatable bonds is 13. The first-order chi connectivity index (χ1) is 26.0. The summed E-state index contributed by atoms with van der Waals surface area (Å²) in [6, 6.07) is 12.9. The highest BCUT2D eigenvalue weighted by Gasteiger charge is 2.40. The summed E-state index contributed by atoms with van der Waals surface area (Å²) >= 11 is 0. The monoisotopic (exact) mass is 784 g/mol. The molecule has 4 aromatic rings. The highest BCUT2D eigenvalue weighted by Crippen LogP contribution is 2.45. The molecule has 4 aromatic carbocycles. The van der Waals surface area contributed by atoms with Gasteiger partial charge in [0.05, 0.1) is 33.4 Å². The lowest BCUT2D eigenvalue weighted by atomic mass is 9.76. The van der Waals surface area contributed by atoms with Gasteiger partial charge in [-0.25, -0.2) is 9.59 Å². The second kappa shape index (κ2) is 16.2. The molecule has 0 saturated heterocycles. The summed E-state index contributed by atoms with van der Waals surface area (Å²) in [6.07, 6.45) is -8.02. The smallest absolute Gasteiger partial charge is 0.417 e. The van der Waals surface area contributed by atoms with Gasteiger partial charge in [0.1, 0.15) is 0 Å². The Morgan fingerprint density at radius 2 is 1.00 bits per heavy atom. The van der Waals surface area contributed by atoms with Gasteiger partial charge in [0, 0.05) is 11.2 Å². The van der Waals surface area contributed by atoms with E-state index in [9.17, 15) is 55.7 Å². The van der Waals surface area contributed by atoms with E-state index in [4.69, 9.17) is 0 Å². The van der Waals surface area contributed by atoms with Crippen LogP contribution in [0.2, 0.25) is 0 Å². The first kappa shape index (κ1) is 43.1. The lowest BCUT2D eigenvalue weighted by Gasteiger charge is -2.29. The van der Waals surface area contributed by atoms with Gasteiger partial charge in [-0.05, 0) is 108 Å².